The summed E-state index contributed by atoms with van der Waals surface area (Å²) in [6.45, 7) is 0. The molecule has 300 valence electrons. The number of benzene rings is 10. The Bertz CT molecular complexity index is 3700. The van der Waals surface area contributed by atoms with E-state index in [0.717, 1.165) is 44.6 Å². The standard InChI is InChI=1S/C61H39NOS/c1-3-17-40(18-4-1)42-21-13-22-44(37-42)61(51-28-10-7-25-47(51)48-26-8-11-29-52(48)61)45-23-14-24-46(39-45)62(54-31-16-34-58-60(54)49-27-9-12-33-57(49)64-58)53-30-15-32-56-59(53)50-38-43(35-36-55(50)63-56)41-19-5-2-6-20-41/h1-39H. The monoisotopic (exact) mass is 833 g/mol. The molecule has 0 radical (unpaired) electrons. The topological polar surface area (TPSA) is 16.4 Å². The van der Waals surface area contributed by atoms with Gasteiger partial charge in [-0.2, -0.15) is 0 Å². The van der Waals surface area contributed by atoms with Crippen LogP contribution < -0.4 is 4.90 Å². The highest BCUT2D eigenvalue weighted by Gasteiger charge is 2.46. The Balaban J connectivity index is 1.12. The van der Waals surface area contributed by atoms with Crippen molar-refractivity contribution < 1.29 is 4.42 Å². The molecule has 1 aliphatic carbocycles. The van der Waals surface area contributed by atoms with Crippen molar-refractivity contribution in [2.75, 3.05) is 4.90 Å². The molecule has 0 atom stereocenters. The van der Waals surface area contributed by atoms with Crippen LogP contribution in [0, 0.1) is 0 Å². The molecule has 0 spiro atoms. The van der Waals surface area contributed by atoms with Gasteiger partial charge in [-0.05, 0) is 116 Å². The van der Waals surface area contributed by atoms with Gasteiger partial charge >= 0.3 is 0 Å². The Morgan fingerprint density at radius 1 is 0.359 bits per heavy atom. The molecule has 2 nitrogen and oxygen atoms in total. The number of anilines is 3. The lowest BCUT2D eigenvalue weighted by Gasteiger charge is -2.35. The van der Waals surface area contributed by atoms with E-state index in [2.05, 4.69) is 241 Å². The van der Waals surface area contributed by atoms with E-state index in [0.29, 0.717) is 0 Å². The summed E-state index contributed by atoms with van der Waals surface area (Å²) in [5, 5.41) is 4.66. The highest BCUT2D eigenvalue weighted by molar-refractivity contribution is 7.26. The van der Waals surface area contributed by atoms with Crippen molar-refractivity contribution in [3.63, 3.8) is 0 Å². The Morgan fingerprint density at radius 3 is 1.67 bits per heavy atom. The smallest absolute Gasteiger partial charge is 0.137 e. The fourth-order valence-electron chi connectivity index (χ4n) is 10.6. The highest BCUT2D eigenvalue weighted by atomic mass is 32.1. The van der Waals surface area contributed by atoms with Crippen LogP contribution >= 0.6 is 11.3 Å². The molecule has 1 aliphatic rings. The number of fused-ring (bicyclic) bond motifs is 9. The zero-order chi connectivity index (χ0) is 42.2. The molecule has 0 saturated heterocycles. The van der Waals surface area contributed by atoms with Crippen LogP contribution in [0.1, 0.15) is 22.3 Å². The highest BCUT2D eigenvalue weighted by Crippen LogP contribution is 2.57. The third-order valence-corrected chi connectivity index (χ3v) is 14.5. The van der Waals surface area contributed by atoms with Crippen LogP contribution in [-0.4, -0.2) is 0 Å². The number of hydrogen-bond acceptors (Lipinski definition) is 3. The molecule has 64 heavy (non-hydrogen) atoms. The van der Waals surface area contributed by atoms with E-state index in [4.69, 9.17) is 4.42 Å². The lowest BCUT2D eigenvalue weighted by Crippen LogP contribution is -2.29. The number of nitrogens with zero attached hydrogens (tertiary/aromatic N) is 1. The molecule has 0 bridgehead atoms. The third-order valence-electron chi connectivity index (χ3n) is 13.3. The average molecular weight is 834 g/mol. The van der Waals surface area contributed by atoms with Crippen molar-refractivity contribution >= 4 is 70.5 Å². The molecule has 0 aliphatic heterocycles. The second kappa shape index (κ2) is 14.6. The van der Waals surface area contributed by atoms with Gasteiger partial charge in [0.15, 0.2) is 0 Å². The fraction of sp³-hybridized carbons (Fsp3) is 0.0164. The van der Waals surface area contributed by atoms with Gasteiger partial charge in [0, 0.05) is 31.2 Å². The molecule has 0 fully saturated rings. The minimum atomic E-state index is -0.611. The summed E-state index contributed by atoms with van der Waals surface area (Å²) in [7, 11) is 0. The Labute approximate surface area is 375 Å². The van der Waals surface area contributed by atoms with E-state index in [9.17, 15) is 0 Å². The first kappa shape index (κ1) is 36.7. The molecule has 0 N–H and O–H groups in total. The summed E-state index contributed by atoms with van der Waals surface area (Å²) in [5.41, 5.74) is 16.6. The van der Waals surface area contributed by atoms with Gasteiger partial charge in [0.05, 0.1) is 22.2 Å². The first-order chi connectivity index (χ1) is 31.7. The maximum atomic E-state index is 6.73. The molecule has 2 aromatic heterocycles. The Kier molecular flexibility index (Phi) is 8.34. The van der Waals surface area contributed by atoms with Crippen molar-refractivity contribution in [1.29, 1.82) is 0 Å². The molecule has 10 aromatic carbocycles. The number of thiophene rings is 1. The van der Waals surface area contributed by atoms with E-state index in [1.807, 2.05) is 11.3 Å². The molecule has 0 unspecified atom stereocenters. The van der Waals surface area contributed by atoms with Gasteiger partial charge < -0.3 is 9.32 Å². The molecule has 2 heterocycles. The van der Waals surface area contributed by atoms with Gasteiger partial charge in [0.1, 0.15) is 11.2 Å². The third kappa shape index (κ3) is 5.51. The second-order valence-corrected chi connectivity index (χ2v) is 17.8. The molecule has 3 heteroatoms. The minimum absolute atomic E-state index is 0.611. The molecule has 12 aromatic rings. The number of hydrogen-bond donors (Lipinski definition) is 0. The van der Waals surface area contributed by atoms with Crippen LogP contribution in [0.25, 0.3) is 75.5 Å². The molecular weight excluding hydrogens is 795 g/mol. The van der Waals surface area contributed by atoms with Gasteiger partial charge in [-0.15, -0.1) is 11.3 Å². The van der Waals surface area contributed by atoms with Crippen molar-refractivity contribution in [1.82, 2.24) is 0 Å². The molecule has 0 saturated carbocycles. The largest absolute Gasteiger partial charge is 0.456 e. The Morgan fingerprint density at radius 2 is 0.922 bits per heavy atom. The average Bonchev–Trinajstić information content (AvgIpc) is 4.04. The van der Waals surface area contributed by atoms with Crippen LogP contribution in [0.4, 0.5) is 17.1 Å². The van der Waals surface area contributed by atoms with Crippen molar-refractivity contribution in [2.24, 2.45) is 0 Å². The van der Waals surface area contributed by atoms with Crippen molar-refractivity contribution in [3.8, 4) is 33.4 Å². The van der Waals surface area contributed by atoms with Gasteiger partial charge in [-0.25, -0.2) is 0 Å². The van der Waals surface area contributed by atoms with Gasteiger partial charge in [0.2, 0.25) is 0 Å². The predicted octanol–water partition coefficient (Wildman–Crippen LogP) is 17.1. The fourth-order valence-corrected chi connectivity index (χ4v) is 11.7. The van der Waals surface area contributed by atoms with Crippen LogP contribution in [0.15, 0.2) is 241 Å². The number of furan rings is 1. The Hall–Kier alpha value is -7.98. The molecule has 13 rings (SSSR count). The normalized spacial score (nSPS) is 12.8. The van der Waals surface area contributed by atoms with Crippen LogP contribution in [0.2, 0.25) is 0 Å². The summed E-state index contributed by atoms with van der Waals surface area (Å²) in [4.78, 5) is 2.50. The maximum Gasteiger partial charge on any atom is 0.137 e. The van der Waals surface area contributed by atoms with Gasteiger partial charge in [0.25, 0.3) is 0 Å². The zero-order valence-electron chi connectivity index (χ0n) is 34.8. The van der Waals surface area contributed by atoms with E-state index < -0.39 is 5.41 Å². The van der Waals surface area contributed by atoms with E-state index in [-0.39, 0.29) is 0 Å². The van der Waals surface area contributed by atoms with Gasteiger partial charge in [-0.3, -0.25) is 0 Å². The summed E-state index contributed by atoms with van der Waals surface area (Å²) < 4.78 is 9.25. The summed E-state index contributed by atoms with van der Waals surface area (Å²) >= 11 is 1.85. The summed E-state index contributed by atoms with van der Waals surface area (Å²) in [5.74, 6) is 0. The maximum absolute atomic E-state index is 6.73. The lowest BCUT2D eigenvalue weighted by molar-refractivity contribution is 0.669. The van der Waals surface area contributed by atoms with Crippen LogP contribution in [0.5, 0.6) is 0 Å². The van der Waals surface area contributed by atoms with E-state index in [1.54, 1.807) is 0 Å². The van der Waals surface area contributed by atoms with Crippen LogP contribution in [-0.2, 0) is 5.41 Å². The molecular formula is C61H39NOS. The summed E-state index contributed by atoms with van der Waals surface area (Å²) in [6.07, 6.45) is 0. The molecule has 0 amide bonds. The first-order valence-corrected chi connectivity index (χ1v) is 22.7. The van der Waals surface area contributed by atoms with Gasteiger partial charge in [-0.1, -0.05) is 176 Å². The van der Waals surface area contributed by atoms with E-state index in [1.165, 1.54) is 70.2 Å². The first-order valence-electron chi connectivity index (χ1n) is 21.9. The predicted molar refractivity (Wildman–Crippen MR) is 269 cm³/mol. The van der Waals surface area contributed by atoms with Crippen LogP contribution in [0.3, 0.4) is 0 Å². The van der Waals surface area contributed by atoms with Crippen molar-refractivity contribution in [3.05, 3.63) is 259 Å². The lowest BCUT2D eigenvalue weighted by atomic mass is 9.67. The quantitative estimate of drug-likeness (QED) is 0.159. The summed E-state index contributed by atoms with van der Waals surface area (Å²) in [6, 6.07) is 86.7. The zero-order valence-corrected chi connectivity index (χ0v) is 35.6. The SMILES string of the molecule is c1ccc(-c2cccc(C3(c4cccc(N(c5cccc6oc7ccc(-c8ccccc8)cc7c56)c5cccc6sc7ccccc7c56)c4)c4ccccc4-c4ccccc43)c2)cc1. The minimum Gasteiger partial charge on any atom is -0.456 e. The van der Waals surface area contributed by atoms with E-state index >= 15 is 0 Å². The van der Waals surface area contributed by atoms with Crippen molar-refractivity contribution in [2.45, 2.75) is 5.41 Å². The second-order valence-electron chi connectivity index (χ2n) is 16.8. The number of rotatable bonds is 7.